The van der Waals surface area contributed by atoms with Crippen LogP contribution in [-0.4, -0.2) is 18.5 Å². The van der Waals surface area contributed by atoms with E-state index in [0.29, 0.717) is 29.4 Å². The zero-order chi connectivity index (χ0) is 21.9. The third-order valence-electron chi connectivity index (χ3n) is 5.41. The summed E-state index contributed by atoms with van der Waals surface area (Å²) in [5.74, 6) is 2.16. The van der Waals surface area contributed by atoms with E-state index in [4.69, 9.17) is 14.2 Å². The molecular formula is C28H22O4. The maximum Gasteiger partial charge on any atom is 0.231 e. The molecule has 0 amide bonds. The molecule has 0 saturated heterocycles. The van der Waals surface area contributed by atoms with Crippen molar-refractivity contribution in [2.75, 3.05) is 6.61 Å². The van der Waals surface area contributed by atoms with Crippen LogP contribution < -0.4 is 14.2 Å². The molecule has 2 aliphatic heterocycles. The summed E-state index contributed by atoms with van der Waals surface area (Å²) in [6, 6.07) is 23.2. The Bertz CT molecular complexity index is 1250. The predicted octanol–water partition coefficient (Wildman–Crippen LogP) is 6.10. The van der Waals surface area contributed by atoms with Gasteiger partial charge in [0, 0.05) is 11.6 Å². The van der Waals surface area contributed by atoms with Crippen molar-refractivity contribution in [1.29, 1.82) is 0 Å². The average Bonchev–Trinajstić information content (AvgIpc) is 3.12. The Hall–Kier alpha value is -4.05. The second-order valence-corrected chi connectivity index (χ2v) is 7.66. The van der Waals surface area contributed by atoms with Crippen LogP contribution in [0.2, 0.25) is 0 Å². The van der Waals surface area contributed by atoms with Gasteiger partial charge in [0.25, 0.3) is 0 Å². The quantitative estimate of drug-likeness (QED) is 0.466. The molecule has 0 spiro atoms. The molecule has 0 fully saturated rings. The third kappa shape index (κ3) is 4.08. The molecule has 0 saturated carbocycles. The van der Waals surface area contributed by atoms with Crippen LogP contribution in [-0.2, 0) is 0 Å². The van der Waals surface area contributed by atoms with Crippen molar-refractivity contribution in [2.24, 2.45) is 0 Å². The highest BCUT2D eigenvalue weighted by atomic mass is 16.5. The van der Waals surface area contributed by atoms with Crippen molar-refractivity contribution in [1.82, 2.24) is 0 Å². The predicted molar refractivity (Wildman–Crippen MR) is 125 cm³/mol. The fourth-order valence-electron chi connectivity index (χ4n) is 3.72. The van der Waals surface area contributed by atoms with E-state index in [-0.39, 0.29) is 11.9 Å². The summed E-state index contributed by atoms with van der Waals surface area (Å²) in [4.78, 5) is 12.8. The fourth-order valence-corrected chi connectivity index (χ4v) is 3.72. The van der Waals surface area contributed by atoms with Gasteiger partial charge in [-0.15, -0.1) is 0 Å². The second kappa shape index (κ2) is 8.60. The van der Waals surface area contributed by atoms with Crippen molar-refractivity contribution in [3.8, 4) is 17.2 Å². The molecule has 3 aromatic rings. The summed E-state index contributed by atoms with van der Waals surface area (Å²) < 4.78 is 17.7. The van der Waals surface area contributed by atoms with E-state index in [1.165, 1.54) is 0 Å². The third-order valence-corrected chi connectivity index (χ3v) is 5.41. The van der Waals surface area contributed by atoms with Crippen LogP contribution in [0.3, 0.4) is 0 Å². The van der Waals surface area contributed by atoms with Gasteiger partial charge in [0.2, 0.25) is 5.78 Å². The van der Waals surface area contributed by atoms with Crippen molar-refractivity contribution in [3.63, 3.8) is 0 Å². The number of fused-ring (bicyclic) bond motifs is 2. The van der Waals surface area contributed by atoms with Crippen LogP contribution in [0.4, 0.5) is 0 Å². The van der Waals surface area contributed by atoms with Gasteiger partial charge in [-0.2, -0.15) is 0 Å². The van der Waals surface area contributed by atoms with Gasteiger partial charge in [0.05, 0.1) is 5.56 Å². The summed E-state index contributed by atoms with van der Waals surface area (Å²) >= 11 is 0. The van der Waals surface area contributed by atoms with Crippen LogP contribution >= 0.6 is 0 Å². The number of rotatable bonds is 5. The molecule has 0 bridgehead atoms. The Kier molecular flexibility index (Phi) is 5.34. The highest BCUT2D eigenvalue weighted by molar-refractivity contribution is 6.12. The number of allylic oxidation sites excluding steroid dienone is 1. The van der Waals surface area contributed by atoms with Crippen LogP contribution in [0.5, 0.6) is 17.2 Å². The Morgan fingerprint density at radius 1 is 0.969 bits per heavy atom. The smallest absolute Gasteiger partial charge is 0.231 e. The topological polar surface area (TPSA) is 44.8 Å². The lowest BCUT2D eigenvalue weighted by Gasteiger charge is -2.22. The number of carbonyl (C=O) groups is 1. The second-order valence-electron chi connectivity index (χ2n) is 7.66. The molecule has 2 heterocycles. The highest BCUT2D eigenvalue weighted by Crippen LogP contribution is 2.36. The normalized spacial score (nSPS) is 18.0. The van der Waals surface area contributed by atoms with E-state index in [1.807, 2.05) is 79.7 Å². The molecule has 0 unspecified atom stereocenters. The van der Waals surface area contributed by atoms with Gasteiger partial charge >= 0.3 is 0 Å². The molecule has 4 heteroatoms. The van der Waals surface area contributed by atoms with Crippen LogP contribution in [0, 0.1) is 0 Å². The van der Waals surface area contributed by atoms with Crippen molar-refractivity contribution >= 4 is 17.9 Å². The Balaban J connectivity index is 1.30. The summed E-state index contributed by atoms with van der Waals surface area (Å²) in [7, 11) is 0. The number of ketones is 1. The SMILES string of the molecule is C[C@@H]1Oc2ccccc2C=C1/C=C1\Oc2cc(OC/C=C/c3ccccc3)ccc2C1=O. The molecule has 0 N–H and O–H groups in total. The zero-order valence-corrected chi connectivity index (χ0v) is 17.7. The fraction of sp³-hybridized carbons (Fsp3) is 0.107. The van der Waals surface area contributed by atoms with Crippen LogP contribution in [0.15, 0.2) is 96.3 Å². The number of hydrogen-bond acceptors (Lipinski definition) is 4. The Labute approximate surface area is 187 Å². The first-order valence-corrected chi connectivity index (χ1v) is 10.6. The standard InChI is InChI=1S/C28H22O4/c1-19-22(16-21-11-5-6-12-25(21)31-19)17-27-28(29)24-14-13-23(18-26(24)32-27)30-15-7-10-20-8-3-2-4-9-20/h2-14,16-19H,15H2,1H3/b10-7+,27-17-/t19-/m0/s1. The van der Waals surface area contributed by atoms with Gasteiger partial charge in [-0.1, -0.05) is 54.6 Å². The van der Waals surface area contributed by atoms with Crippen LogP contribution in [0.25, 0.3) is 12.2 Å². The van der Waals surface area contributed by atoms with Gasteiger partial charge in [-0.25, -0.2) is 0 Å². The van der Waals surface area contributed by atoms with E-state index in [1.54, 1.807) is 24.3 Å². The molecule has 0 aliphatic carbocycles. The molecule has 1 atom stereocenters. The number of Topliss-reactive ketones (excluding diaryl/α,β-unsaturated/α-hetero) is 1. The molecule has 2 aliphatic rings. The van der Waals surface area contributed by atoms with E-state index < -0.39 is 0 Å². The minimum Gasteiger partial charge on any atom is -0.489 e. The maximum atomic E-state index is 12.8. The van der Waals surface area contributed by atoms with Gasteiger partial charge < -0.3 is 14.2 Å². The molecule has 4 nitrogen and oxygen atoms in total. The lowest BCUT2D eigenvalue weighted by atomic mass is 10.0. The number of hydrogen-bond donors (Lipinski definition) is 0. The maximum absolute atomic E-state index is 12.8. The van der Waals surface area contributed by atoms with E-state index in [9.17, 15) is 4.79 Å². The first kappa shape index (κ1) is 19.9. The molecule has 32 heavy (non-hydrogen) atoms. The van der Waals surface area contributed by atoms with Gasteiger partial charge in [0.1, 0.15) is 30.0 Å². The van der Waals surface area contributed by atoms with Crippen molar-refractivity contribution < 1.29 is 19.0 Å². The number of carbonyl (C=O) groups excluding carboxylic acids is 1. The molecule has 0 aromatic heterocycles. The molecule has 158 valence electrons. The lowest BCUT2D eigenvalue weighted by molar-refractivity contribution is 0.101. The molecule has 0 radical (unpaired) electrons. The highest BCUT2D eigenvalue weighted by Gasteiger charge is 2.29. The minimum atomic E-state index is -0.173. The average molecular weight is 422 g/mol. The van der Waals surface area contributed by atoms with Crippen LogP contribution in [0.1, 0.15) is 28.4 Å². The van der Waals surface area contributed by atoms with E-state index in [2.05, 4.69) is 0 Å². The molecular weight excluding hydrogens is 400 g/mol. The first-order chi connectivity index (χ1) is 15.7. The van der Waals surface area contributed by atoms with Crippen molar-refractivity contribution in [2.45, 2.75) is 13.0 Å². The van der Waals surface area contributed by atoms with Gasteiger partial charge in [0.15, 0.2) is 5.76 Å². The van der Waals surface area contributed by atoms with Gasteiger partial charge in [-0.3, -0.25) is 4.79 Å². The summed E-state index contributed by atoms with van der Waals surface area (Å²) in [6.45, 7) is 2.38. The molecule has 3 aromatic carbocycles. The monoisotopic (exact) mass is 422 g/mol. The zero-order valence-electron chi connectivity index (χ0n) is 17.7. The number of benzene rings is 3. The summed E-state index contributed by atoms with van der Waals surface area (Å²) in [5.41, 5.74) is 3.53. The van der Waals surface area contributed by atoms with E-state index >= 15 is 0 Å². The molecule has 5 rings (SSSR count). The Morgan fingerprint density at radius 3 is 2.66 bits per heavy atom. The lowest BCUT2D eigenvalue weighted by Crippen LogP contribution is -2.18. The minimum absolute atomic E-state index is 0.137. The first-order valence-electron chi connectivity index (χ1n) is 10.6. The van der Waals surface area contributed by atoms with E-state index in [0.717, 1.165) is 22.4 Å². The Morgan fingerprint density at radius 2 is 1.78 bits per heavy atom. The summed E-state index contributed by atoms with van der Waals surface area (Å²) in [5, 5.41) is 0. The number of para-hydroxylation sites is 1. The summed E-state index contributed by atoms with van der Waals surface area (Å²) in [6.07, 6.45) is 7.59. The number of ether oxygens (including phenoxy) is 3. The largest absolute Gasteiger partial charge is 0.489 e. The van der Waals surface area contributed by atoms with Gasteiger partial charge in [-0.05, 0) is 54.5 Å². The van der Waals surface area contributed by atoms with Crippen molar-refractivity contribution in [3.05, 3.63) is 113 Å².